The predicted octanol–water partition coefficient (Wildman–Crippen LogP) is 0.414. The molecule has 2 aromatic rings. The molecule has 6 N–H and O–H groups in total. The van der Waals surface area contributed by atoms with Gasteiger partial charge < -0.3 is 35.4 Å². The van der Waals surface area contributed by atoms with Crippen LogP contribution in [0.5, 0.6) is 11.5 Å². The van der Waals surface area contributed by atoms with Gasteiger partial charge in [0.2, 0.25) is 0 Å². The number of aliphatic carboxylic acids is 2. The van der Waals surface area contributed by atoms with E-state index in [0.29, 0.717) is 44.5 Å². The summed E-state index contributed by atoms with van der Waals surface area (Å²) in [7, 11) is 0. The van der Waals surface area contributed by atoms with Crippen molar-refractivity contribution in [2.75, 3.05) is 13.1 Å². The van der Waals surface area contributed by atoms with Gasteiger partial charge in [0.15, 0.2) is 23.7 Å². The van der Waals surface area contributed by atoms with Crippen LogP contribution in [-0.4, -0.2) is 113 Å². The number of carboxylic acid groups (broad SMARTS) is 2. The summed E-state index contributed by atoms with van der Waals surface area (Å²) in [6.45, 7) is 5.21. The van der Waals surface area contributed by atoms with Crippen LogP contribution in [-0.2, 0) is 21.4 Å². The average molecular weight is 627 g/mol. The second kappa shape index (κ2) is 10.6. The molecule has 13 nitrogen and oxygen atoms in total. The number of carbonyl (C=O) groups is 4. The first kappa shape index (κ1) is 30.6. The van der Waals surface area contributed by atoms with Crippen LogP contribution in [0, 0.1) is 5.82 Å². The number of aromatic hydroxyl groups is 1. The molecular weight excluding hydrogens is 595 g/mol. The number of hydrogen-bond acceptors (Lipinski definition) is 10. The number of ether oxygens (including phenoxy) is 1. The van der Waals surface area contributed by atoms with Gasteiger partial charge in [0.05, 0.1) is 28.2 Å². The van der Waals surface area contributed by atoms with Crippen LogP contribution in [0.1, 0.15) is 51.1 Å². The summed E-state index contributed by atoms with van der Waals surface area (Å²) in [6.07, 6.45) is -1.53. The van der Waals surface area contributed by atoms with Gasteiger partial charge in [-0.1, -0.05) is 12.1 Å². The van der Waals surface area contributed by atoms with Gasteiger partial charge >= 0.3 is 11.9 Å². The molecule has 45 heavy (non-hydrogen) atoms. The van der Waals surface area contributed by atoms with Crippen LogP contribution >= 0.6 is 0 Å². The van der Waals surface area contributed by atoms with Gasteiger partial charge in [0.25, 0.3) is 11.8 Å². The molecule has 14 heteroatoms. The Kier molecular flexibility index (Phi) is 7.23. The lowest BCUT2D eigenvalue weighted by molar-refractivity contribution is -0.194. The van der Waals surface area contributed by atoms with Gasteiger partial charge in [0, 0.05) is 18.2 Å². The number of phenols is 1. The zero-order chi connectivity index (χ0) is 32.6. The summed E-state index contributed by atoms with van der Waals surface area (Å²) in [5.41, 5.74) is 0.0127. The van der Waals surface area contributed by atoms with Crippen molar-refractivity contribution in [1.82, 2.24) is 9.80 Å². The fourth-order valence-electron chi connectivity index (χ4n) is 8.06. The second-order valence-corrected chi connectivity index (χ2v) is 12.0. The molecule has 5 aliphatic rings. The lowest BCUT2D eigenvalue weighted by Gasteiger charge is -2.64. The van der Waals surface area contributed by atoms with Crippen molar-refractivity contribution < 1.29 is 58.9 Å². The van der Waals surface area contributed by atoms with E-state index in [1.165, 1.54) is 17.0 Å². The van der Waals surface area contributed by atoms with Gasteiger partial charge in [-0.2, -0.15) is 0 Å². The lowest BCUT2D eigenvalue weighted by Crippen LogP contribution is -2.78. The maximum absolute atomic E-state index is 13.9. The SMILES string of the molecule is C=CCN1CC[C@]23c4c5ccc(O)c4O[C@H]2[C@H](N2C(=O)c4ccc(F)cc4C2=O)CCC3(O)[C@H]1C5.O=C(O)C(O)C(O)C(=O)O. The summed E-state index contributed by atoms with van der Waals surface area (Å²) < 4.78 is 20.4. The van der Waals surface area contributed by atoms with Crippen molar-refractivity contribution in [3.05, 3.63) is 71.1 Å². The van der Waals surface area contributed by atoms with Crippen molar-refractivity contribution in [2.24, 2.45) is 0 Å². The van der Waals surface area contributed by atoms with E-state index >= 15 is 0 Å². The topological polar surface area (TPSA) is 205 Å². The Hall–Kier alpha value is -4.37. The van der Waals surface area contributed by atoms with Crippen molar-refractivity contribution in [3.63, 3.8) is 0 Å². The number of phenolic OH excluding ortho intramolecular Hbond substituents is 1. The molecule has 7 rings (SSSR count). The Morgan fingerprint density at radius 1 is 1.07 bits per heavy atom. The second-order valence-electron chi connectivity index (χ2n) is 12.0. The number of aliphatic hydroxyl groups is 3. The maximum atomic E-state index is 13.9. The minimum absolute atomic E-state index is 0.00923. The Morgan fingerprint density at radius 3 is 2.38 bits per heavy atom. The number of aliphatic hydroxyl groups excluding tert-OH is 2. The molecule has 2 fully saturated rings. The van der Waals surface area contributed by atoms with Crippen LogP contribution in [0.2, 0.25) is 0 Å². The number of amides is 2. The summed E-state index contributed by atoms with van der Waals surface area (Å²) in [4.78, 5) is 49.8. The third kappa shape index (κ3) is 4.20. The molecule has 2 bridgehead atoms. The highest BCUT2D eigenvalue weighted by Gasteiger charge is 2.74. The van der Waals surface area contributed by atoms with Gasteiger partial charge in [-0.25, -0.2) is 14.0 Å². The zero-order valence-corrected chi connectivity index (χ0v) is 23.8. The van der Waals surface area contributed by atoms with E-state index in [-0.39, 0.29) is 22.9 Å². The van der Waals surface area contributed by atoms with Crippen LogP contribution < -0.4 is 4.74 Å². The molecule has 1 saturated carbocycles. The van der Waals surface area contributed by atoms with E-state index in [1.54, 1.807) is 6.07 Å². The monoisotopic (exact) mass is 626 g/mol. The van der Waals surface area contributed by atoms with Crippen LogP contribution in [0.25, 0.3) is 0 Å². The van der Waals surface area contributed by atoms with Crippen molar-refractivity contribution in [2.45, 2.75) is 67.1 Å². The maximum Gasteiger partial charge on any atom is 0.335 e. The van der Waals surface area contributed by atoms with E-state index < -0.39 is 64.9 Å². The van der Waals surface area contributed by atoms with Crippen LogP contribution in [0.3, 0.4) is 0 Å². The molecule has 2 amide bonds. The van der Waals surface area contributed by atoms with E-state index in [1.807, 2.05) is 12.1 Å². The van der Waals surface area contributed by atoms with Crippen LogP contribution in [0.4, 0.5) is 4.39 Å². The third-order valence-electron chi connectivity index (χ3n) is 9.92. The normalized spacial score (nSPS) is 30.3. The number of imide groups is 1. The molecule has 3 aliphatic heterocycles. The molecule has 7 atom stereocenters. The smallest absolute Gasteiger partial charge is 0.335 e. The molecule has 2 aliphatic carbocycles. The number of carboxylic acids is 2. The van der Waals surface area contributed by atoms with E-state index in [0.717, 1.165) is 17.2 Å². The highest BCUT2D eigenvalue weighted by Crippen LogP contribution is 2.66. The first-order valence-corrected chi connectivity index (χ1v) is 14.4. The first-order valence-electron chi connectivity index (χ1n) is 14.4. The standard InChI is InChI=1S/C27H25FN2O5.C4H6O6/c1-2-10-29-11-9-26-21-14-3-6-19(31)22(21)35-23(26)18(7-8-27(26,34)20(29)12-14)30-24(32)16-5-4-15(28)13-17(16)25(30)33;5-1(3(7)8)2(6)4(9)10/h2-6,13,18,20,23,31,34H,1,7-12H2;1-2,5-6H,(H,7,8)(H,9,10)/t18-,20-,23+,26+,27?;/m1./s1. The number of nitrogens with zero attached hydrogens (tertiary/aromatic N) is 2. The van der Waals surface area contributed by atoms with Gasteiger partial charge in [0.1, 0.15) is 11.9 Å². The number of fused-ring (bicyclic) bond motifs is 1. The minimum atomic E-state index is -2.27. The van der Waals surface area contributed by atoms with Gasteiger partial charge in [-0.3, -0.25) is 19.4 Å². The lowest BCUT2D eigenvalue weighted by atomic mass is 9.48. The third-order valence-corrected chi connectivity index (χ3v) is 9.92. The summed E-state index contributed by atoms with van der Waals surface area (Å²) in [5.74, 6) is -4.80. The number of likely N-dealkylation sites (tertiary alicyclic amines) is 1. The fraction of sp³-hybridized carbons (Fsp3) is 0.419. The largest absolute Gasteiger partial charge is 0.504 e. The molecule has 2 aromatic carbocycles. The van der Waals surface area contributed by atoms with Crippen molar-refractivity contribution >= 4 is 23.8 Å². The molecule has 1 saturated heterocycles. The predicted molar refractivity (Wildman–Crippen MR) is 150 cm³/mol. The number of halogens is 1. The molecular formula is C31H31FN2O11. The van der Waals surface area contributed by atoms with Crippen LogP contribution in [0.15, 0.2) is 43.0 Å². The van der Waals surface area contributed by atoms with E-state index in [2.05, 4.69) is 11.5 Å². The van der Waals surface area contributed by atoms with E-state index in [9.17, 15) is 33.8 Å². The Morgan fingerprint density at radius 2 is 1.73 bits per heavy atom. The Bertz CT molecular complexity index is 1630. The summed E-state index contributed by atoms with van der Waals surface area (Å²) in [6, 6.07) is 6.29. The Labute approximate surface area is 255 Å². The summed E-state index contributed by atoms with van der Waals surface area (Å²) >= 11 is 0. The molecule has 3 unspecified atom stereocenters. The van der Waals surface area contributed by atoms with Gasteiger partial charge in [-0.15, -0.1) is 6.58 Å². The van der Waals surface area contributed by atoms with Gasteiger partial charge in [-0.05, 0) is 62.1 Å². The van der Waals surface area contributed by atoms with Crippen molar-refractivity contribution in [3.8, 4) is 11.5 Å². The number of hydrogen-bond donors (Lipinski definition) is 6. The number of carbonyl (C=O) groups excluding carboxylic acids is 2. The number of rotatable bonds is 6. The molecule has 1 spiro atoms. The molecule has 238 valence electrons. The molecule has 0 aromatic heterocycles. The first-order chi connectivity index (χ1) is 21.3. The van der Waals surface area contributed by atoms with E-state index in [4.69, 9.17) is 25.2 Å². The zero-order valence-electron chi connectivity index (χ0n) is 23.8. The number of piperidine rings is 1. The molecule has 3 heterocycles. The molecule has 0 radical (unpaired) electrons. The number of benzene rings is 2. The fourth-order valence-corrected chi connectivity index (χ4v) is 8.06. The highest BCUT2D eigenvalue weighted by molar-refractivity contribution is 6.21. The highest BCUT2D eigenvalue weighted by atomic mass is 19.1. The Balaban J connectivity index is 0.000000311. The van der Waals surface area contributed by atoms with Crippen molar-refractivity contribution in [1.29, 1.82) is 0 Å². The summed E-state index contributed by atoms with van der Waals surface area (Å²) in [5, 5.41) is 55.7. The minimum Gasteiger partial charge on any atom is -0.504 e. The quantitative estimate of drug-likeness (QED) is 0.191. The average Bonchev–Trinajstić information content (AvgIpc) is 3.47.